The number of amides is 4. The molecule has 0 unspecified atom stereocenters. The smallest absolute Gasteiger partial charge is 0.334 e. The number of piperazine rings is 1. The zero-order chi connectivity index (χ0) is 30.7. The Morgan fingerprint density at radius 1 is 0.977 bits per heavy atom. The molecule has 2 fully saturated rings. The van der Waals surface area contributed by atoms with Crippen molar-refractivity contribution in [3.05, 3.63) is 95.6 Å². The number of hydrogen-bond acceptors (Lipinski definition) is 6. The lowest BCUT2D eigenvalue weighted by Gasteiger charge is -2.54. The number of phenols is 1. The van der Waals surface area contributed by atoms with Gasteiger partial charge in [0.2, 0.25) is 11.8 Å². The van der Waals surface area contributed by atoms with Gasteiger partial charge in [-0.05, 0) is 54.8 Å². The number of hydrogen-bond donors (Lipinski definition) is 2. The van der Waals surface area contributed by atoms with E-state index < -0.39 is 12.2 Å². The van der Waals surface area contributed by atoms with E-state index in [0.717, 1.165) is 22.4 Å². The van der Waals surface area contributed by atoms with E-state index in [1.54, 1.807) is 51.1 Å². The monoisotopic (exact) mass is 584 g/mol. The summed E-state index contributed by atoms with van der Waals surface area (Å²) in [6.45, 7) is 5.06. The van der Waals surface area contributed by atoms with E-state index in [2.05, 4.69) is 30.1 Å². The fourth-order valence-corrected chi connectivity index (χ4v) is 5.75. The van der Waals surface area contributed by atoms with E-state index in [1.807, 2.05) is 55.6 Å². The van der Waals surface area contributed by atoms with Gasteiger partial charge in [-0.15, -0.1) is 0 Å². The largest absolute Gasteiger partial charge is 0.508 e. The molecule has 0 aliphatic carbocycles. The van der Waals surface area contributed by atoms with Crippen LogP contribution in [0.5, 0.6) is 5.75 Å². The normalized spacial score (nSPS) is 19.0. The second-order valence-electron chi connectivity index (χ2n) is 11.6. The first-order chi connectivity index (χ1) is 20.6. The van der Waals surface area contributed by atoms with Gasteiger partial charge in [-0.2, -0.15) is 0 Å². The Morgan fingerprint density at radius 2 is 1.67 bits per heavy atom. The van der Waals surface area contributed by atoms with E-state index in [9.17, 15) is 19.5 Å². The number of aromatic hydroxyl groups is 1. The number of likely N-dealkylation sites (N-methyl/N-ethyl adjacent to an activating group) is 1. The third-order valence-corrected chi connectivity index (χ3v) is 8.27. The van der Waals surface area contributed by atoms with Crippen LogP contribution in [0.15, 0.2) is 78.9 Å². The number of phenolic OH excluding ortho intramolecular Hbond substituents is 1. The number of urea groups is 1. The van der Waals surface area contributed by atoms with Crippen molar-refractivity contribution in [3.8, 4) is 5.75 Å². The molecule has 226 valence electrons. The summed E-state index contributed by atoms with van der Waals surface area (Å²) in [6.07, 6.45) is -0.430. The molecule has 0 radical (unpaired) electrons. The minimum atomic E-state index is -0.810. The molecule has 2 N–H and O–H groups in total. The summed E-state index contributed by atoms with van der Waals surface area (Å²) in [5.41, 5.74) is 3.78. The lowest BCUT2D eigenvalue weighted by molar-refractivity contribution is -0.187. The molecule has 10 heteroatoms. The number of carbonyl (C=O) groups excluding carboxylic acids is 3. The summed E-state index contributed by atoms with van der Waals surface area (Å²) in [5, 5.41) is 16.0. The molecule has 0 saturated carbocycles. The highest BCUT2D eigenvalue weighted by molar-refractivity contribution is 5.91. The molecule has 2 saturated heterocycles. The Bertz CT molecular complexity index is 1450. The van der Waals surface area contributed by atoms with Gasteiger partial charge in [0.25, 0.3) is 0 Å². The van der Waals surface area contributed by atoms with Crippen LogP contribution in [0, 0.1) is 0 Å². The molecule has 2 aliphatic rings. The van der Waals surface area contributed by atoms with Gasteiger partial charge < -0.3 is 25.1 Å². The number of nitrogens with one attached hydrogen (secondary N) is 1. The lowest BCUT2D eigenvalue weighted by atomic mass is 9.98. The van der Waals surface area contributed by atoms with Gasteiger partial charge in [0, 0.05) is 45.3 Å². The van der Waals surface area contributed by atoms with Crippen LogP contribution in [0.1, 0.15) is 30.5 Å². The van der Waals surface area contributed by atoms with Crippen molar-refractivity contribution >= 4 is 23.5 Å². The average Bonchev–Trinajstić information content (AvgIpc) is 2.99. The van der Waals surface area contributed by atoms with Gasteiger partial charge in [0.1, 0.15) is 18.0 Å². The van der Waals surface area contributed by atoms with E-state index >= 15 is 0 Å². The summed E-state index contributed by atoms with van der Waals surface area (Å²) < 4.78 is 0. The van der Waals surface area contributed by atoms with Crippen LogP contribution in [0.25, 0.3) is 0 Å². The summed E-state index contributed by atoms with van der Waals surface area (Å²) in [7, 11) is 3.76. The van der Waals surface area contributed by atoms with Crippen LogP contribution >= 0.6 is 0 Å². The SMILES string of the molecule is CC(C)N(C)c1cccc(CN2C[C@@H]3N(C(=O)CN(C)N3C(=O)NCc3ccccc3)[C@@H](Cc3ccc(O)cc3)C2=O)c1. The van der Waals surface area contributed by atoms with E-state index in [1.165, 1.54) is 0 Å². The topological polar surface area (TPSA) is 99.7 Å². The fraction of sp³-hybridized carbons (Fsp3) is 0.364. The quantitative estimate of drug-likeness (QED) is 0.421. The van der Waals surface area contributed by atoms with Crippen molar-refractivity contribution in [1.82, 2.24) is 25.1 Å². The molecule has 3 aromatic carbocycles. The fourth-order valence-electron chi connectivity index (χ4n) is 5.75. The average molecular weight is 585 g/mol. The number of rotatable bonds is 8. The van der Waals surface area contributed by atoms with Gasteiger partial charge in [-0.3, -0.25) is 9.59 Å². The first kappa shape index (κ1) is 29.9. The number of nitrogens with zero attached hydrogens (tertiary/aromatic N) is 5. The molecule has 0 spiro atoms. The summed E-state index contributed by atoms with van der Waals surface area (Å²) in [6, 6.07) is 23.6. The molecule has 2 atom stereocenters. The molecular weight excluding hydrogens is 544 g/mol. The van der Waals surface area contributed by atoms with Gasteiger partial charge in [-0.25, -0.2) is 14.8 Å². The summed E-state index contributed by atoms with van der Waals surface area (Å²) in [5.74, 6) is -0.257. The molecular formula is C33H40N6O4. The predicted octanol–water partition coefficient (Wildman–Crippen LogP) is 3.42. The van der Waals surface area contributed by atoms with Crippen molar-refractivity contribution in [2.24, 2.45) is 0 Å². The van der Waals surface area contributed by atoms with Crippen LogP contribution in [-0.4, -0.2) is 88.2 Å². The van der Waals surface area contributed by atoms with Gasteiger partial charge in [-0.1, -0.05) is 54.6 Å². The van der Waals surface area contributed by atoms with E-state index in [-0.39, 0.29) is 43.1 Å². The first-order valence-corrected chi connectivity index (χ1v) is 14.6. The molecule has 0 aromatic heterocycles. The van der Waals surface area contributed by atoms with Gasteiger partial charge in [0.15, 0.2) is 0 Å². The van der Waals surface area contributed by atoms with Crippen LogP contribution in [0.2, 0.25) is 0 Å². The molecule has 0 bridgehead atoms. The number of anilines is 1. The molecule has 2 aliphatic heterocycles. The Labute approximate surface area is 253 Å². The zero-order valence-corrected chi connectivity index (χ0v) is 25.2. The van der Waals surface area contributed by atoms with E-state index in [0.29, 0.717) is 19.1 Å². The standard InChI is InChI=1S/C33H40N6O4/c1-23(2)36(4)27-12-8-11-26(17-27)20-37-21-30-38(29(32(37)42)18-24-13-15-28(40)16-14-24)31(41)22-35(3)39(30)33(43)34-19-25-9-6-5-7-10-25/h5-17,23,29-30,40H,18-22H2,1-4H3,(H,34,43)/t29-,30+/m0/s1. The van der Waals surface area contributed by atoms with Gasteiger partial charge in [0.05, 0.1) is 13.1 Å². The highest BCUT2D eigenvalue weighted by atomic mass is 16.3. The van der Waals surface area contributed by atoms with Crippen LogP contribution in [-0.2, 0) is 29.1 Å². The molecule has 4 amide bonds. The predicted molar refractivity (Wildman–Crippen MR) is 165 cm³/mol. The number of hydrazine groups is 1. The first-order valence-electron chi connectivity index (χ1n) is 14.6. The maximum atomic E-state index is 14.1. The maximum Gasteiger partial charge on any atom is 0.334 e. The van der Waals surface area contributed by atoms with E-state index in [4.69, 9.17) is 0 Å². The van der Waals surface area contributed by atoms with Crippen molar-refractivity contribution in [3.63, 3.8) is 0 Å². The van der Waals surface area contributed by atoms with Crippen molar-refractivity contribution in [2.75, 3.05) is 32.1 Å². The van der Waals surface area contributed by atoms with Crippen LogP contribution in [0.3, 0.4) is 0 Å². The van der Waals surface area contributed by atoms with Crippen LogP contribution < -0.4 is 10.2 Å². The Balaban J connectivity index is 1.46. The third kappa shape index (κ3) is 6.59. The molecule has 43 heavy (non-hydrogen) atoms. The zero-order valence-electron chi connectivity index (χ0n) is 25.2. The minimum Gasteiger partial charge on any atom is -0.508 e. The number of benzene rings is 3. The van der Waals surface area contributed by atoms with Gasteiger partial charge >= 0.3 is 6.03 Å². The van der Waals surface area contributed by atoms with Crippen molar-refractivity contribution < 1.29 is 19.5 Å². The highest BCUT2D eigenvalue weighted by Crippen LogP contribution is 2.29. The second kappa shape index (κ2) is 12.7. The van der Waals surface area contributed by atoms with Crippen LogP contribution in [0.4, 0.5) is 10.5 Å². The maximum absolute atomic E-state index is 14.1. The lowest BCUT2D eigenvalue weighted by Crippen LogP contribution is -2.76. The second-order valence-corrected chi connectivity index (χ2v) is 11.6. The summed E-state index contributed by atoms with van der Waals surface area (Å²) in [4.78, 5) is 46.9. The van der Waals surface area contributed by atoms with Crippen molar-refractivity contribution in [2.45, 2.75) is 51.6 Å². The number of fused-ring (bicyclic) bond motifs is 1. The Kier molecular flexibility index (Phi) is 8.86. The number of carbonyl (C=O) groups is 3. The molecule has 5 rings (SSSR count). The Morgan fingerprint density at radius 3 is 2.37 bits per heavy atom. The highest BCUT2D eigenvalue weighted by Gasteiger charge is 2.50. The molecule has 10 nitrogen and oxygen atoms in total. The summed E-state index contributed by atoms with van der Waals surface area (Å²) >= 11 is 0. The molecule has 2 heterocycles. The third-order valence-electron chi connectivity index (χ3n) is 8.27. The minimum absolute atomic E-state index is 0.0296. The Hall–Kier alpha value is -4.57. The van der Waals surface area contributed by atoms with Crippen molar-refractivity contribution in [1.29, 1.82) is 0 Å². The molecule has 3 aromatic rings.